The van der Waals surface area contributed by atoms with E-state index in [0.29, 0.717) is 11.1 Å². The maximum atomic E-state index is 13.2. The van der Waals surface area contributed by atoms with Crippen molar-refractivity contribution in [3.63, 3.8) is 0 Å². The average Bonchev–Trinajstić information content (AvgIpc) is 2.85. The minimum absolute atomic E-state index is 0.199. The molecule has 180 valence electrons. The number of imide groups is 1. The third kappa shape index (κ3) is 5.90. The van der Waals surface area contributed by atoms with Gasteiger partial charge >= 0.3 is 0 Å². The Hall–Kier alpha value is -2.49. The van der Waals surface area contributed by atoms with E-state index in [1.54, 1.807) is 6.07 Å². The number of hydrogen-bond donors (Lipinski definition) is 4. The summed E-state index contributed by atoms with van der Waals surface area (Å²) in [5, 5.41) is 18.3. The maximum absolute atomic E-state index is 13.2. The van der Waals surface area contributed by atoms with Gasteiger partial charge in [-0.25, -0.2) is 0 Å². The number of aliphatic hydroxyl groups is 1. The Morgan fingerprint density at radius 3 is 2.55 bits per heavy atom. The first-order valence-electron chi connectivity index (χ1n) is 12.1. The van der Waals surface area contributed by atoms with Crippen LogP contribution in [0.25, 0.3) is 0 Å². The zero-order valence-corrected chi connectivity index (χ0v) is 19.1. The number of piperidine rings is 2. The number of carbonyl (C=O) groups is 3. The Morgan fingerprint density at radius 1 is 1.09 bits per heavy atom. The lowest BCUT2D eigenvalue weighted by Crippen LogP contribution is -2.52. The number of nitrogens with one attached hydrogen (secondary N) is 3. The molecule has 33 heavy (non-hydrogen) atoms. The number of amides is 3. The predicted octanol–water partition coefficient (Wildman–Crippen LogP) is 0.226. The zero-order chi connectivity index (χ0) is 23.2. The lowest BCUT2D eigenvalue weighted by Gasteiger charge is -2.38. The van der Waals surface area contributed by atoms with Gasteiger partial charge in [-0.1, -0.05) is 12.1 Å². The van der Waals surface area contributed by atoms with Crippen LogP contribution in [0, 0.1) is 5.92 Å². The lowest BCUT2D eigenvalue weighted by atomic mass is 9.94. The van der Waals surface area contributed by atoms with Crippen LogP contribution in [-0.2, 0) is 16.2 Å². The van der Waals surface area contributed by atoms with Crippen LogP contribution in [0.2, 0.25) is 0 Å². The van der Waals surface area contributed by atoms with Gasteiger partial charge in [-0.15, -0.1) is 0 Å². The van der Waals surface area contributed by atoms with E-state index in [1.165, 1.54) is 19.3 Å². The molecule has 9 nitrogen and oxygen atoms in total. The highest BCUT2D eigenvalue weighted by Gasteiger charge is 2.30. The quantitative estimate of drug-likeness (QED) is 0.433. The number of aliphatic hydroxyl groups excluding tert-OH is 1. The van der Waals surface area contributed by atoms with E-state index >= 15 is 0 Å². The molecule has 0 bridgehead atoms. The topological polar surface area (TPSA) is 114 Å². The molecule has 3 fully saturated rings. The lowest BCUT2D eigenvalue weighted by molar-refractivity contribution is -0.134. The first-order chi connectivity index (χ1) is 16.0. The molecule has 1 aromatic carbocycles. The molecule has 3 aliphatic heterocycles. The van der Waals surface area contributed by atoms with Gasteiger partial charge in [0, 0.05) is 38.3 Å². The van der Waals surface area contributed by atoms with Crippen LogP contribution < -0.4 is 20.9 Å². The minimum atomic E-state index is -0.748. The van der Waals surface area contributed by atoms with Crippen molar-refractivity contribution in [1.29, 1.82) is 0 Å². The van der Waals surface area contributed by atoms with Crippen LogP contribution in [0.5, 0.6) is 0 Å². The SMILES string of the molecule is O=C1CCC(NC(=O)c2c(CO)cccc2N2CCN(CCC3CCNCC3)CC2)C(=O)N1. The number of piperazine rings is 1. The molecule has 3 aliphatic rings. The Kier molecular flexibility index (Phi) is 7.95. The Balaban J connectivity index is 1.39. The molecule has 4 N–H and O–H groups in total. The van der Waals surface area contributed by atoms with E-state index < -0.39 is 17.9 Å². The second-order valence-electron chi connectivity index (χ2n) is 9.26. The Morgan fingerprint density at radius 2 is 1.85 bits per heavy atom. The summed E-state index contributed by atoms with van der Waals surface area (Å²) >= 11 is 0. The normalized spacial score (nSPS) is 22.8. The molecule has 0 radical (unpaired) electrons. The summed E-state index contributed by atoms with van der Waals surface area (Å²) in [5.74, 6) is -0.379. The van der Waals surface area contributed by atoms with E-state index in [9.17, 15) is 19.5 Å². The predicted molar refractivity (Wildman–Crippen MR) is 125 cm³/mol. The van der Waals surface area contributed by atoms with Gasteiger partial charge in [0.2, 0.25) is 11.8 Å². The highest BCUT2D eigenvalue weighted by Crippen LogP contribution is 2.26. The molecule has 1 aromatic rings. The van der Waals surface area contributed by atoms with Crippen LogP contribution in [0.15, 0.2) is 18.2 Å². The van der Waals surface area contributed by atoms with Crippen LogP contribution in [0.4, 0.5) is 5.69 Å². The van der Waals surface area contributed by atoms with Gasteiger partial charge < -0.3 is 20.6 Å². The van der Waals surface area contributed by atoms with Gasteiger partial charge in [0.1, 0.15) is 6.04 Å². The van der Waals surface area contributed by atoms with Gasteiger partial charge in [-0.2, -0.15) is 0 Å². The molecule has 0 saturated carbocycles. The third-order valence-electron chi connectivity index (χ3n) is 7.10. The average molecular weight is 458 g/mol. The number of benzene rings is 1. The maximum Gasteiger partial charge on any atom is 0.254 e. The Labute approximate surface area is 194 Å². The second-order valence-corrected chi connectivity index (χ2v) is 9.26. The molecule has 4 rings (SSSR count). The number of hydrogen-bond acceptors (Lipinski definition) is 7. The second kappa shape index (κ2) is 11.1. The highest BCUT2D eigenvalue weighted by molar-refractivity contribution is 6.06. The van der Waals surface area contributed by atoms with Crippen molar-refractivity contribution in [2.75, 3.05) is 50.7 Å². The smallest absolute Gasteiger partial charge is 0.254 e. The minimum Gasteiger partial charge on any atom is -0.392 e. The summed E-state index contributed by atoms with van der Waals surface area (Å²) < 4.78 is 0. The van der Waals surface area contributed by atoms with E-state index in [4.69, 9.17) is 0 Å². The zero-order valence-electron chi connectivity index (χ0n) is 19.1. The molecular weight excluding hydrogens is 422 g/mol. The number of nitrogens with zero attached hydrogens (tertiary/aromatic N) is 2. The van der Waals surface area contributed by atoms with Crippen molar-refractivity contribution < 1.29 is 19.5 Å². The summed E-state index contributed by atoms with van der Waals surface area (Å²) in [6, 6.07) is 4.75. The molecule has 1 atom stereocenters. The van der Waals surface area contributed by atoms with Gasteiger partial charge in [-0.3, -0.25) is 24.6 Å². The Bertz CT molecular complexity index is 862. The molecule has 1 unspecified atom stereocenters. The number of anilines is 1. The third-order valence-corrected chi connectivity index (χ3v) is 7.10. The van der Waals surface area contributed by atoms with Crippen LogP contribution >= 0.6 is 0 Å². The van der Waals surface area contributed by atoms with Crippen molar-refractivity contribution in [2.24, 2.45) is 5.92 Å². The van der Waals surface area contributed by atoms with Crippen molar-refractivity contribution in [3.8, 4) is 0 Å². The van der Waals surface area contributed by atoms with Gasteiger partial charge in [0.25, 0.3) is 5.91 Å². The molecular formula is C24H35N5O4. The van der Waals surface area contributed by atoms with Crippen molar-refractivity contribution >= 4 is 23.4 Å². The first kappa shape index (κ1) is 23.7. The van der Waals surface area contributed by atoms with E-state index in [2.05, 4.69) is 25.8 Å². The van der Waals surface area contributed by atoms with Gasteiger partial charge in [0.15, 0.2) is 0 Å². The van der Waals surface area contributed by atoms with Crippen LogP contribution in [0.3, 0.4) is 0 Å². The molecule has 9 heteroatoms. The van der Waals surface area contributed by atoms with Crippen molar-refractivity contribution in [1.82, 2.24) is 20.9 Å². The monoisotopic (exact) mass is 457 g/mol. The molecule has 3 amide bonds. The molecule has 0 spiro atoms. The van der Waals surface area contributed by atoms with E-state index in [-0.39, 0.29) is 25.4 Å². The standard InChI is InChI=1S/C24H35N5O4/c30-16-18-2-1-3-20(22(18)24(33)26-19-4-5-21(31)27-23(19)32)29-14-12-28(13-15-29)11-8-17-6-9-25-10-7-17/h1-3,17,19,25,30H,4-16H2,(H,26,33)(H,27,31,32). The fraction of sp³-hybridized carbons (Fsp3) is 0.625. The molecule has 3 heterocycles. The summed E-state index contributed by atoms with van der Waals surface area (Å²) in [6.45, 7) is 6.58. The summed E-state index contributed by atoms with van der Waals surface area (Å²) in [5.41, 5.74) is 1.72. The van der Waals surface area contributed by atoms with Gasteiger partial charge in [-0.05, 0) is 62.9 Å². The first-order valence-corrected chi connectivity index (χ1v) is 12.1. The van der Waals surface area contributed by atoms with Crippen molar-refractivity contribution in [2.45, 2.75) is 44.8 Å². The van der Waals surface area contributed by atoms with E-state index in [0.717, 1.165) is 57.4 Å². The summed E-state index contributed by atoms with van der Waals surface area (Å²) in [6.07, 6.45) is 4.24. The fourth-order valence-corrected chi connectivity index (χ4v) is 5.05. The van der Waals surface area contributed by atoms with Crippen LogP contribution in [0.1, 0.15) is 48.0 Å². The van der Waals surface area contributed by atoms with Gasteiger partial charge in [0.05, 0.1) is 12.2 Å². The molecule has 0 aromatic heterocycles. The van der Waals surface area contributed by atoms with Crippen molar-refractivity contribution in [3.05, 3.63) is 29.3 Å². The summed E-state index contributed by atoms with van der Waals surface area (Å²) in [7, 11) is 0. The highest BCUT2D eigenvalue weighted by atomic mass is 16.3. The number of rotatable bonds is 7. The summed E-state index contributed by atoms with van der Waals surface area (Å²) in [4.78, 5) is 41.4. The molecule has 0 aliphatic carbocycles. The van der Waals surface area contributed by atoms with Crippen LogP contribution in [-0.4, -0.2) is 79.6 Å². The van der Waals surface area contributed by atoms with E-state index in [1.807, 2.05) is 12.1 Å². The largest absolute Gasteiger partial charge is 0.392 e. The molecule has 3 saturated heterocycles. The number of carbonyl (C=O) groups excluding carboxylic acids is 3. The fourth-order valence-electron chi connectivity index (χ4n) is 5.05.